The number of aliphatic hydroxyl groups is 1. The third kappa shape index (κ3) is 2.71. The topological polar surface area (TPSA) is 40.5 Å². The molecule has 2 fully saturated rings. The molecule has 1 saturated carbocycles. The zero-order valence-electron chi connectivity index (χ0n) is 9.32. The van der Waals surface area contributed by atoms with Gasteiger partial charge in [-0.2, -0.15) is 0 Å². The number of aliphatic hydroxyl groups excluding tert-OH is 1. The molecule has 1 amide bonds. The molecule has 86 valence electrons. The van der Waals surface area contributed by atoms with Crippen LogP contribution in [0, 0.1) is 5.92 Å². The van der Waals surface area contributed by atoms with Crippen LogP contribution in [0.1, 0.15) is 44.9 Å². The normalized spacial score (nSPS) is 25.9. The number of carbonyl (C=O) groups is 1. The summed E-state index contributed by atoms with van der Waals surface area (Å²) in [5, 5.41) is 10.1. The number of likely N-dealkylation sites (tertiary alicyclic amines) is 1. The van der Waals surface area contributed by atoms with Gasteiger partial charge in [-0.25, -0.2) is 0 Å². The minimum atomic E-state index is -0.285. The number of hydrogen-bond donors (Lipinski definition) is 1. The monoisotopic (exact) mass is 211 g/mol. The number of β-amino-alcohol motifs (C(OH)–C–C–N with tert-alkyl or cyclic N) is 1. The summed E-state index contributed by atoms with van der Waals surface area (Å²) in [7, 11) is 0. The van der Waals surface area contributed by atoms with Crippen molar-refractivity contribution in [1.82, 2.24) is 4.90 Å². The van der Waals surface area contributed by atoms with Crippen LogP contribution < -0.4 is 0 Å². The van der Waals surface area contributed by atoms with Crippen LogP contribution in [0.15, 0.2) is 0 Å². The fourth-order valence-corrected chi connectivity index (χ4v) is 2.79. The van der Waals surface area contributed by atoms with E-state index in [9.17, 15) is 9.90 Å². The van der Waals surface area contributed by atoms with Crippen molar-refractivity contribution in [3.05, 3.63) is 0 Å². The molecular weight excluding hydrogens is 190 g/mol. The molecule has 1 aliphatic carbocycles. The van der Waals surface area contributed by atoms with E-state index >= 15 is 0 Å². The molecule has 1 aliphatic heterocycles. The van der Waals surface area contributed by atoms with Crippen molar-refractivity contribution in [3.63, 3.8) is 0 Å². The van der Waals surface area contributed by atoms with Crippen LogP contribution in [-0.2, 0) is 4.79 Å². The van der Waals surface area contributed by atoms with Gasteiger partial charge in [0.05, 0.1) is 6.10 Å². The minimum Gasteiger partial charge on any atom is -0.391 e. The van der Waals surface area contributed by atoms with Crippen LogP contribution in [0.2, 0.25) is 0 Å². The lowest BCUT2D eigenvalue weighted by atomic mass is 9.85. The highest BCUT2D eigenvalue weighted by atomic mass is 16.3. The molecule has 0 aromatic heterocycles. The Morgan fingerprint density at radius 3 is 2.60 bits per heavy atom. The SMILES string of the molecule is O=C1CCCN1CC(O)C1CCCCC1. The Morgan fingerprint density at radius 2 is 2.00 bits per heavy atom. The predicted octanol–water partition coefficient (Wildman–Crippen LogP) is 1.55. The van der Waals surface area contributed by atoms with Gasteiger partial charge in [0.2, 0.25) is 5.91 Å². The van der Waals surface area contributed by atoms with E-state index in [0.29, 0.717) is 18.9 Å². The lowest BCUT2D eigenvalue weighted by molar-refractivity contribution is -0.129. The van der Waals surface area contributed by atoms with Gasteiger partial charge in [0.1, 0.15) is 0 Å². The number of nitrogens with zero attached hydrogens (tertiary/aromatic N) is 1. The van der Waals surface area contributed by atoms with Crippen LogP contribution in [0.3, 0.4) is 0 Å². The maximum absolute atomic E-state index is 11.4. The predicted molar refractivity (Wildman–Crippen MR) is 58.4 cm³/mol. The van der Waals surface area contributed by atoms with Crippen molar-refractivity contribution >= 4 is 5.91 Å². The Kier molecular flexibility index (Phi) is 3.62. The second kappa shape index (κ2) is 4.97. The van der Waals surface area contributed by atoms with E-state index in [0.717, 1.165) is 25.8 Å². The molecule has 3 nitrogen and oxygen atoms in total. The van der Waals surface area contributed by atoms with Crippen molar-refractivity contribution in [2.24, 2.45) is 5.92 Å². The summed E-state index contributed by atoms with van der Waals surface area (Å²) in [6.45, 7) is 1.42. The Labute approximate surface area is 91.5 Å². The standard InChI is InChI=1S/C12H21NO2/c14-11(10-5-2-1-3-6-10)9-13-8-4-7-12(13)15/h10-11,14H,1-9H2. The quantitative estimate of drug-likeness (QED) is 0.769. The van der Waals surface area contributed by atoms with E-state index in [1.54, 1.807) is 0 Å². The lowest BCUT2D eigenvalue weighted by Gasteiger charge is -2.29. The Morgan fingerprint density at radius 1 is 1.27 bits per heavy atom. The Bertz CT molecular complexity index is 224. The molecule has 0 bridgehead atoms. The summed E-state index contributed by atoms with van der Waals surface area (Å²) in [6.07, 6.45) is 7.45. The highest BCUT2D eigenvalue weighted by Gasteiger charge is 2.27. The number of rotatable bonds is 3. The van der Waals surface area contributed by atoms with Crippen LogP contribution in [0.5, 0.6) is 0 Å². The van der Waals surface area contributed by atoms with Crippen LogP contribution in [0.25, 0.3) is 0 Å². The molecule has 0 spiro atoms. The molecule has 1 N–H and O–H groups in total. The van der Waals surface area contributed by atoms with Crippen molar-refractivity contribution in [3.8, 4) is 0 Å². The Balaban J connectivity index is 1.79. The first kappa shape index (κ1) is 10.9. The largest absolute Gasteiger partial charge is 0.391 e. The summed E-state index contributed by atoms with van der Waals surface area (Å²) in [6, 6.07) is 0. The summed E-state index contributed by atoms with van der Waals surface area (Å²) in [5.74, 6) is 0.664. The molecule has 0 aromatic carbocycles. The molecule has 1 unspecified atom stereocenters. The second-order valence-electron chi connectivity index (χ2n) is 4.91. The third-order valence-electron chi connectivity index (χ3n) is 3.77. The number of hydrogen-bond acceptors (Lipinski definition) is 2. The maximum atomic E-state index is 11.4. The zero-order chi connectivity index (χ0) is 10.7. The molecule has 1 atom stereocenters. The Hall–Kier alpha value is -0.570. The van der Waals surface area contributed by atoms with Crippen LogP contribution in [-0.4, -0.2) is 35.1 Å². The van der Waals surface area contributed by atoms with Gasteiger partial charge in [0, 0.05) is 19.5 Å². The summed E-state index contributed by atoms with van der Waals surface area (Å²) < 4.78 is 0. The van der Waals surface area contributed by atoms with Crippen LogP contribution >= 0.6 is 0 Å². The number of amides is 1. The van der Waals surface area contributed by atoms with Gasteiger partial charge in [-0.3, -0.25) is 4.79 Å². The molecule has 3 heteroatoms. The molecule has 2 aliphatic rings. The zero-order valence-corrected chi connectivity index (χ0v) is 9.32. The summed E-state index contributed by atoms with van der Waals surface area (Å²) in [4.78, 5) is 13.2. The highest BCUT2D eigenvalue weighted by molar-refractivity contribution is 5.78. The minimum absolute atomic E-state index is 0.227. The average molecular weight is 211 g/mol. The average Bonchev–Trinajstić information content (AvgIpc) is 2.66. The molecule has 15 heavy (non-hydrogen) atoms. The van der Waals surface area contributed by atoms with E-state index in [1.807, 2.05) is 4.90 Å². The van der Waals surface area contributed by atoms with E-state index in [2.05, 4.69) is 0 Å². The fraction of sp³-hybridized carbons (Fsp3) is 0.917. The van der Waals surface area contributed by atoms with Gasteiger partial charge in [0.25, 0.3) is 0 Å². The first-order chi connectivity index (χ1) is 7.27. The van der Waals surface area contributed by atoms with Crippen molar-refractivity contribution in [2.75, 3.05) is 13.1 Å². The van der Waals surface area contributed by atoms with Crippen molar-refractivity contribution in [2.45, 2.75) is 51.0 Å². The second-order valence-corrected chi connectivity index (χ2v) is 4.91. The van der Waals surface area contributed by atoms with Crippen LogP contribution in [0.4, 0.5) is 0 Å². The molecule has 0 aromatic rings. The van der Waals surface area contributed by atoms with Crippen molar-refractivity contribution < 1.29 is 9.90 Å². The van der Waals surface area contributed by atoms with E-state index in [-0.39, 0.29) is 12.0 Å². The summed E-state index contributed by atoms with van der Waals surface area (Å²) >= 11 is 0. The maximum Gasteiger partial charge on any atom is 0.222 e. The molecular formula is C12H21NO2. The van der Waals surface area contributed by atoms with E-state index in [4.69, 9.17) is 0 Å². The van der Waals surface area contributed by atoms with Gasteiger partial charge in [-0.15, -0.1) is 0 Å². The molecule has 0 radical (unpaired) electrons. The van der Waals surface area contributed by atoms with Gasteiger partial charge in [0.15, 0.2) is 0 Å². The fourth-order valence-electron chi connectivity index (χ4n) is 2.79. The van der Waals surface area contributed by atoms with Gasteiger partial charge >= 0.3 is 0 Å². The van der Waals surface area contributed by atoms with E-state index in [1.165, 1.54) is 19.3 Å². The molecule has 2 rings (SSSR count). The van der Waals surface area contributed by atoms with Gasteiger partial charge < -0.3 is 10.0 Å². The van der Waals surface area contributed by atoms with Crippen molar-refractivity contribution in [1.29, 1.82) is 0 Å². The molecule has 1 heterocycles. The first-order valence-electron chi connectivity index (χ1n) is 6.23. The van der Waals surface area contributed by atoms with Gasteiger partial charge in [-0.05, 0) is 25.2 Å². The molecule has 1 saturated heterocycles. The van der Waals surface area contributed by atoms with E-state index < -0.39 is 0 Å². The highest BCUT2D eigenvalue weighted by Crippen LogP contribution is 2.27. The third-order valence-corrected chi connectivity index (χ3v) is 3.77. The lowest BCUT2D eigenvalue weighted by Crippen LogP contribution is -2.37. The van der Waals surface area contributed by atoms with Gasteiger partial charge in [-0.1, -0.05) is 19.3 Å². The summed E-state index contributed by atoms with van der Waals surface area (Å²) in [5.41, 5.74) is 0. The first-order valence-corrected chi connectivity index (χ1v) is 6.23. The number of carbonyl (C=O) groups excluding carboxylic acids is 1. The smallest absolute Gasteiger partial charge is 0.222 e.